The molecule has 0 amide bonds. The first-order valence-electron chi connectivity index (χ1n) is 6.09. The average molecular weight is 242 g/mol. The van der Waals surface area contributed by atoms with Crippen LogP contribution in [-0.4, -0.2) is 31.1 Å². The van der Waals surface area contributed by atoms with E-state index < -0.39 is 5.79 Å². The van der Waals surface area contributed by atoms with Gasteiger partial charge in [-0.05, 0) is 33.1 Å². The molecule has 0 aromatic carbocycles. The van der Waals surface area contributed by atoms with Crippen LogP contribution >= 0.6 is 0 Å². The van der Waals surface area contributed by atoms with Gasteiger partial charge in [-0.25, -0.2) is 4.79 Å². The normalized spacial score (nSPS) is 25.1. The van der Waals surface area contributed by atoms with Crippen molar-refractivity contribution in [3.8, 4) is 0 Å². The van der Waals surface area contributed by atoms with Crippen LogP contribution in [0.3, 0.4) is 0 Å². The quantitative estimate of drug-likeness (QED) is 0.548. The van der Waals surface area contributed by atoms with E-state index in [1.54, 1.807) is 6.92 Å². The molecule has 1 heterocycles. The molecule has 0 saturated carbocycles. The van der Waals surface area contributed by atoms with Gasteiger partial charge in [-0.2, -0.15) is 0 Å². The Kier molecular flexibility index (Phi) is 5.15. The second-order valence-corrected chi connectivity index (χ2v) is 4.77. The maximum Gasteiger partial charge on any atom is 0.330 e. The van der Waals surface area contributed by atoms with Crippen molar-refractivity contribution in [2.45, 2.75) is 46.0 Å². The molecule has 2 atom stereocenters. The second kappa shape index (κ2) is 6.17. The standard InChI is InChI=1S/C13H22O4/c1-5-15-12(14)7-6-10(2)8-11-9-16-13(3,4)17-11/h6-7,10-11H,5,8-9H2,1-4H3/b7-6+/t10-,11+/m0/s1. The highest BCUT2D eigenvalue weighted by Gasteiger charge is 2.32. The maximum absolute atomic E-state index is 11.1. The molecule has 0 N–H and O–H groups in total. The van der Waals surface area contributed by atoms with E-state index in [9.17, 15) is 4.79 Å². The van der Waals surface area contributed by atoms with Crippen LogP contribution in [0.5, 0.6) is 0 Å². The van der Waals surface area contributed by atoms with E-state index in [0.29, 0.717) is 13.2 Å². The summed E-state index contributed by atoms with van der Waals surface area (Å²) < 4.78 is 16.0. The van der Waals surface area contributed by atoms with Crippen LogP contribution in [0.1, 0.15) is 34.1 Å². The Morgan fingerprint density at radius 3 is 2.82 bits per heavy atom. The minimum atomic E-state index is -0.477. The van der Waals surface area contributed by atoms with Crippen LogP contribution in [-0.2, 0) is 19.0 Å². The van der Waals surface area contributed by atoms with Crippen molar-refractivity contribution < 1.29 is 19.0 Å². The molecule has 1 fully saturated rings. The molecule has 17 heavy (non-hydrogen) atoms. The highest BCUT2D eigenvalue weighted by atomic mass is 16.7. The minimum absolute atomic E-state index is 0.104. The fourth-order valence-electron chi connectivity index (χ4n) is 1.81. The van der Waals surface area contributed by atoms with E-state index in [0.717, 1.165) is 6.42 Å². The van der Waals surface area contributed by atoms with Crippen LogP contribution < -0.4 is 0 Å². The summed E-state index contributed by atoms with van der Waals surface area (Å²) in [5.74, 6) is -0.500. The monoisotopic (exact) mass is 242 g/mol. The van der Waals surface area contributed by atoms with Gasteiger partial charge < -0.3 is 14.2 Å². The zero-order valence-electron chi connectivity index (χ0n) is 11.1. The first-order chi connectivity index (χ1) is 7.93. The van der Waals surface area contributed by atoms with E-state index in [1.807, 2.05) is 26.8 Å². The van der Waals surface area contributed by atoms with E-state index in [1.165, 1.54) is 6.08 Å². The predicted molar refractivity (Wildman–Crippen MR) is 64.5 cm³/mol. The molecule has 4 nitrogen and oxygen atoms in total. The Morgan fingerprint density at radius 1 is 1.59 bits per heavy atom. The van der Waals surface area contributed by atoms with Gasteiger partial charge in [0.1, 0.15) is 0 Å². The molecule has 0 aromatic heterocycles. The number of allylic oxidation sites excluding steroid dienone is 1. The van der Waals surface area contributed by atoms with Gasteiger partial charge >= 0.3 is 5.97 Å². The molecule has 0 aromatic rings. The van der Waals surface area contributed by atoms with E-state index in [-0.39, 0.29) is 18.0 Å². The summed E-state index contributed by atoms with van der Waals surface area (Å²) in [6.07, 6.45) is 4.29. The minimum Gasteiger partial charge on any atom is -0.463 e. The molecule has 98 valence electrons. The van der Waals surface area contributed by atoms with Crippen molar-refractivity contribution in [3.63, 3.8) is 0 Å². The Bertz CT molecular complexity index is 283. The zero-order valence-corrected chi connectivity index (χ0v) is 11.1. The number of ether oxygens (including phenoxy) is 3. The Morgan fingerprint density at radius 2 is 2.29 bits per heavy atom. The predicted octanol–water partition coefficient (Wildman–Crippen LogP) is 2.28. The van der Waals surface area contributed by atoms with Crippen molar-refractivity contribution in [2.24, 2.45) is 5.92 Å². The van der Waals surface area contributed by atoms with Crippen LogP contribution in [0.2, 0.25) is 0 Å². The summed E-state index contributed by atoms with van der Waals surface area (Å²) in [5, 5.41) is 0. The zero-order chi connectivity index (χ0) is 12.9. The smallest absolute Gasteiger partial charge is 0.330 e. The molecule has 0 unspecified atom stereocenters. The van der Waals surface area contributed by atoms with Gasteiger partial charge in [0.15, 0.2) is 5.79 Å². The highest BCUT2D eigenvalue weighted by molar-refractivity contribution is 5.81. The lowest BCUT2D eigenvalue weighted by Gasteiger charge is -2.18. The summed E-state index contributed by atoms with van der Waals surface area (Å²) in [6.45, 7) is 8.68. The summed E-state index contributed by atoms with van der Waals surface area (Å²) in [6, 6.07) is 0. The third kappa shape index (κ3) is 5.33. The Labute approximate surface area is 103 Å². The third-order valence-electron chi connectivity index (χ3n) is 2.55. The molecular weight excluding hydrogens is 220 g/mol. The van der Waals surface area contributed by atoms with Gasteiger partial charge in [0.25, 0.3) is 0 Å². The molecule has 0 bridgehead atoms. The first-order valence-corrected chi connectivity index (χ1v) is 6.09. The van der Waals surface area contributed by atoms with Gasteiger partial charge in [0.2, 0.25) is 0 Å². The van der Waals surface area contributed by atoms with Crippen molar-refractivity contribution >= 4 is 5.97 Å². The van der Waals surface area contributed by atoms with Crippen molar-refractivity contribution in [2.75, 3.05) is 13.2 Å². The van der Waals surface area contributed by atoms with Crippen LogP contribution in [0, 0.1) is 5.92 Å². The van der Waals surface area contributed by atoms with E-state index in [4.69, 9.17) is 14.2 Å². The fourth-order valence-corrected chi connectivity index (χ4v) is 1.81. The number of hydrogen-bond donors (Lipinski definition) is 0. The molecule has 0 spiro atoms. The average Bonchev–Trinajstić information content (AvgIpc) is 2.55. The highest BCUT2D eigenvalue weighted by Crippen LogP contribution is 2.26. The first kappa shape index (κ1) is 14.2. The molecule has 4 heteroatoms. The number of carbonyl (C=O) groups is 1. The molecule has 0 aliphatic carbocycles. The maximum atomic E-state index is 11.1. The van der Waals surface area contributed by atoms with Crippen molar-refractivity contribution in [1.29, 1.82) is 0 Å². The van der Waals surface area contributed by atoms with Gasteiger partial charge in [0.05, 0.1) is 19.3 Å². The lowest BCUT2D eigenvalue weighted by molar-refractivity contribution is -0.140. The van der Waals surface area contributed by atoms with Gasteiger partial charge in [-0.15, -0.1) is 0 Å². The lowest BCUT2D eigenvalue weighted by Crippen LogP contribution is -2.22. The third-order valence-corrected chi connectivity index (χ3v) is 2.55. The summed E-state index contributed by atoms with van der Waals surface area (Å²) >= 11 is 0. The number of rotatable bonds is 5. The second-order valence-electron chi connectivity index (χ2n) is 4.77. The van der Waals surface area contributed by atoms with E-state index >= 15 is 0 Å². The molecule has 1 aliphatic heterocycles. The van der Waals surface area contributed by atoms with Gasteiger partial charge in [-0.1, -0.05) is 13.0 Å². The number of carbonyl (C=O) groups excluding carboxylic acids is 1. The molecule has 0 radical (unpaired) electrons. The van der Waals surface area contributed by atoms with Gasteiger partial charge in [-0.3, -0.25) is 0 Å². The van der Waals surface area contributed by atoms with E-state index in [2.05, 4.69) is 0 Å². The Balaban J connectivity index is 2.30. The molecule has 1 saturated heterocycles. The topological polar surface area (TPSA) is 44.8 Å². The molecule has 1 rings (SSSR count). The Hall–Kier alpha value is -0.870. The van der Waals surface area contributed by atoms with Crippen LogP contribution in [0.15, 0.2) is 12.2 Å². The summed E-state index contributed by atoms with van der Waals surface area (Å²) in [4.78, 5) is 11.1. The van der Waals surface area contributed by atoms with Crippen molar-refractivity contribution in [1.82, 2.24) is 0 Å². The summed E-state index contributed by atoms with van der Waals surface area (Å²) in [5.41, 5.74) is 0. The number of esters is 1. The lowest BCUT2D eigenvalue weighted by atomic mass is 10.0. The SMILES string of the molecule is CCOC(=O)/C=C/[C@H](C)C[C@@H]1COC(C)(C)O1. The molecular formula is C13H22O4. The fraction of sp³-hybridized carbons (Fsp3) is 0.769. The van der Waals surface area contributed by atoms with Crippen LogP contribution in [0.25, 0.3) is 0 Å². The van der Waals surface area contributed by atoms with Crippen LogP contribution in [0.4, 0.5) is 0 Å². The van der Waals surface area contributed by atoms with Crippen molar-refractivity contribution in [3.05, 3.63) is 12.2 Å². The number of hydrogen-bond acceptors (Lipinski definition) is 4. The molecule has 1 aliphatic rings. The summed E-state index contributed by atoms with van der Waals surface area (Å²) in [7, 11) is 0. The van der Waals surface area contributed by atoms with Gasteiger partial charge in [0, 0.05) is 6.08 Å². The largest absolute Gasteiger partial charge is 0.463 e.